The molecule has 0 bridgehead atoms. The molecule has 270 valence electrons. The van der Waals surface area contributed by atoms with Crippen molar-refractivity contribution in [1.82, 2.24) is 9.80 Å². The lowest BCUT2D eigenvalue weighted by molar-refractivity contribution is 0.0118. The summed E-state index contributed by atoms with van der Waals surface area (Å²) in [5.74, 6) is -0.735. The number of rotatable bonds is 12. The maximum atomic E-state index is 14.0. The number of nitrogens with zero attached hydrogens (tertiary/aromatic N) is 2. The van der Waals surface area contributed by atoms with Crippen molar-refractivity contribution >= 4 is 28.8 Å². The summed E-state index contributed by atoms with van der Waals surface area (Å²) in [6.07, 6.45) is 4.64. The van der Waals surface area contributed by atoms with Crippen LogP contribution in [0.2, 0.25) is 0 Å². The SMILES string of the molecule is COc1ccc(C2=CN3C(=O)c4cc(OC)c(OCCCCCOc5cc6c(cc5OC)C(=O)N5CC(F)(F)C[C@H]5CN6)cc4NC[C@@H]3C2)cc1. The first kappa shape index (κ1) is 34.3. The predicted octanol–water partition coefficient (Wildman–Crippen LogP) is 6.30. The average molecular weight is 705 g/mol. The summed E-state index contributed by atoms with van der Waals surface area (Å²) in [5, 5.41) is 6.61. The Kier molecular flexibility index (Phi) is 9.54. The van der Waals surface area contributed by atoms with Gasteiger partial charge in [-0.25, -0.2) is 8.78 Å². The highest BCUT2D eigenvalue weighted by Gasteiger charge is 2.48. The van der Waals surface area contributed by atoms with Crippen molar-refractivity contribution in [2.24, 2.45) is 0 Å². The van der Waals surface area contributed by atoms with Gasteiger partial charge in [0.05, 0.1) is 75.7 Å². The number of fused-ring (bicyclic) bond motifs is 4. The Bertz CT molecular complexity index is 1830. The molecule has 0 aromatic heterocycles. The number of nitrogens with one attached hydrogen (secondary N) is 2. The molecular weight excluding hydrogens is 662 g/mol. The zero-order valence-electron chi connectivity index (χ0n) is 28.9. The normalized spacial score (nSPS) is 20.1. The van der Waals surface area contributed by atoms with Crippen molar-refractivity contribution in [2.45, 2.75) is 50.1 Å². The van der Waals surface area contributed by atoms with Crippen LogP contribution in [0, 0.1) is 0 Å². The summed E-state index contributed by atoms with van der Waals surface area (Å²) in [4.78, 5) is 29.9. The Morgan fingerprint density at radius 3 is 1.92 bits per heavy atom. The highest BCUT2D eigenvalue weighted by atomic mass is 19.3. The Morgan fingerprint density at radius 2 is 1.33 bits per heavy atom. The third kappa shape index (κ3) is 6.93. The minimum absolute atomic E-state index is 0.0160. The van der Waals surface area contributed by atoms with Crippen LogP contribution in [0.1, 0.15) is 58.4 Å². The molecular formula is C38H42F2N4O7. The highest BCUT2D eigenvalue weighted by molar-refractivity contribution is 6.03. The number of amides is 2. The van der Waals surface area contributed by atoms with E-state index < -0.39 is 24.4 Å². The molecule has 3 aromatic carbocycles. The number of benzene rings is 3. The molecule has 3 aromatic rings. The lowest BCUT2D eigenvalue weighted by Crippen LogP contribution is -2.37. The van der Waals surface area contributed by atoms with E-state index in [1.54, 1.807) is 32.4 Å². The van der Waals surface area contributed by atoms with E-state index in [9.17, 15) is 18.4 Å². The van der Waals surface area contributed by atoms with E-state index >= 15 is 0 Å². The fourth-order valence-electron chi connectivity index (χ4n) is 7.19. The third-order valence-electron chi connectivity index (χ3n) is 9.91. The largest absolute Gasteiger partial charge is 0.497 e. The first-order chi connectivity index (χ1) is 24.7. The summed E-state index contributed by atoms with van der Waals surface area (Å²) in [7, 11) is 4.68. The Hall–Kier alpha value is -5.20. The number of hydrogen-bond acceptors (Lipinski definition) is 9. The van der Waals surface area contributed by atoms with E-state index in [-0.39, 0.29) is 24.9 Å². The molecule has 0 aliphatic carbocycles. The highest BCUT2D eigenvalue weighted by Crippen LogP contribution is 2.41. The van der Waals surface area contributed by atoms with Crippen molar-refractivity contribution in [2.75, 3.05) is 64.8 Å². The second-order valence-electron chi connectivity index (χ2n) is 13.2. The predicted molar refractivity (Wildman–Crippen MR) is 188 cm³/mol. The number of ether oxygens (including phenoxy) is 5. The fourth-order valence-corrected chi connectivity index (χ4v) is 7.19. The van der Waals surface area contributed by atoms with Gasteiger partial charge in [0, 0.05) is 37.8 Å². The van der Waals surface area contributed by atoms with Crippen LogP contribution in [0.5, 0.6) is 28.7 Å². The molecule has 0 unspecified atom stereocenters. The van der Waals surface area contributed by atoms with E-state index in [1.165, 1.54) is 12.0 Å². The molecule has 2 amide bonds. The van der Waals surface area contributed by atoms with E-state index in [0.29, 0.717) is 65.3 Å². The molecule has 11 nitrogen and oxygen atoms in total. The maximum absolute atomic E-state index is 14.0. The monoisotopic (exact) mass is 704 g/mol. The summed E-state index contributed by atoms with van der Waals surface area (Å²) in [6.45, 7) is 1.10. The minimum Gasteiger partial charge on any atom is -0.497 e. The topological polar surface area (TPSA) is 111 Å². The van der Waals surface area contributed by atoms with Gasteiger partial charge >= 0.3 is 0 Å². The zero-order chi connectivity index (χ0) is 35.7. The molecule has 4 aliphatic heterocycles. The second-order valence-corrected chi connectivity index (χ2v) is 13.2. The van der Waals surface area contributed by atoms with Crippen LogP contribution in [0.3, 0.4) is 0 Å². The smallest absolute Gasteiger partial charge is 0.267 e. The molecule has 0 spiro atoms. The van der Waals surface area contributed by atoms with Crippen LogP contribution < -0.4 is 34.3 Å². The van der Waals surface area contributed by atoms with Crippen LogP contribution in [0.15, 0.2) is 54.7 Å². The fraction of sp³-hybridized carbons (Fsp3) is 0.421. The molecule has 1 saturated heterocycles. The van der Waals surface area contributed by atoms with Crippen molar-refractivity contribution in [3.05, 3.63) is 71.4 Å². The molecule has 2 N–H and O–H groups in total. The molecule has 0 radical (unpaired) electrons. The summed E-state index contributed by atoms with van der Waals surface area (Å²) in [5.41, 5.74) is 4.24. The van der Waals surface area contributed by atoms with Crippen LogP contribution in [-0.2, 0) is 0 Å². The number of carbonyl (C=O) groups is 2. The van der Waals surface area contributed by atoms with Crippen molar-refractivity contribution in [1.29, 1.82) is 0 Å². The van der Waals surface area contributed by atoms with E-state index in [0.717, 1.165) is 42.6 Å². The Morgan fingerprint density at radius 1 is 0.745 bits per heavy atom. The van der Waals surface area contributed by atoms with Gasteiger partial charge in [0.15, 0.2) is 23.0 Å². The molecule has 1 fully saturated rings. The number of unbranched alkanes of at least 4 members (excludes halogenated alkanes) is 2. The van der Waals surface area contributed by atoms with Gasteiger partial charge < -0.3 is 44.1 Å². The average Bonchev–Trinajstić information content (AvgIpc) is 3.65. The van der Waals surface area contributed by atoms with Crippen LogP contribution in [0.4, 0.5) is 20.2 Å². The number of anilines is 2. The van der Waals surface area contributed by atoms with E-state index in [4.69, 9.17) is 23.7 Å². The van der Waals surface area contributed by atoms with Crippen molar-refractivity contribution in [3.63, 3.8) is 0 Å². The van der Waals surface area contributed by atoms with Crippen LogP contribution in [0.25, 0.3) is 5.57 Å². The lowest BCUT2D eigenvalue weighted by Gasteiger charge is -2.20. The quantitative estimate of drug-likeness (QED) is 0.210. The first-order valence-electron chi connectivity index (χ1n) is 17.2. The second kappa shape index (κ2) is 14.2. The van der Waals surface area contributed by atoms with Gasteiger partial charge in [0.2, 0.25) is 0 Å². The van der Waals surface area contributed by atoms with Gasteiger partial charge in [0.25, 0.3) is 17.7 Å². The zero-order valence-corrected chi connectivity index (χ0v) is 28.9. The lowest BCUT2D eigenvalue weighted by atomic mass is 10.0. The van der Waals surface area contributed by atoms with E-state index in [1.807, 2.05) is 41.4 Å². The van der Waals surface area contributed by atoms with Gasteiger partial charge in [-0.05, 0) is 61.1 Å². The third-order valence-corrected chi connectivity index (χ3v) is 9.91. The van der Waals surface area contributed by atoms with Crippen molar-refractivity contribution in [3.8, 4) is 28.7 Å². The Balaban J connectivity index is 0.919. The first-order valence-corrected chi connectivity index (χ1v) is 17.2. The maximum Gasteiger partial charge on any atom is 0.267 e. The summed E-state index contributed by atoms with van der Waals surface area (Å²) in [6, 6.07) is 14.1. The summed E-state index contributed by atoms with van der Waals surface area (Å²) < 4.78 is 56.6. The molecule has 51 heavy (non-hydrogen) atoms. The molecule has 4 aliphatic rings. The molecule has 4 heterocycles. The van der Waals surface area contributed by atoms with E-state index in [2.05, 4.69) is 10.6 Å². The van der Waals surface area contributed by atoms with Crippen LogP contribution >= 0.6 is 0 Å². The Labute approximate surface area is 295 Å². The van der Waals surface area contributed by atoms with Gasteiger partial charge in [-0.3, -0.25) is 9.59 Å². The van der Waals surface area contributed by atoms with Gasteiger partial charge in [-0.2, -0.15) is 0 Å². The molecule has 13 heteroatoms. The molecule has 0 saturated carbocycles. The molecule has 2 atom stereocenters. The number of alkyl halides is 2. The minimum atomic E-state index is -2.89. The molecule has 7 rings (SSSR count). The number of methoxy groups -OCH3 is 3. The van der Waals surface area contributed by atoms with Gasteiger partial charge in [-0.15, -0.1) is 0 Å². The number of carbonyl (C=O) groups excluding carboxylic acids is 2. The summed E-state index contributed by atoms with van der Waals surface area (Å²) >= 11 is 0. The van der Waals surface area contributed by atoms with Gasteiger partial charge in [0.1, 0.15) is 5.75 Å². The van der Waals surface area contributed by atoms with Crippen LogP contribution in [-0.4, -0.2) is 93.8 Å². The standard InChI is InChI=1S/C38H42F2N4O7/c1-47-27-9-7-23(8-10-27)24-13-25-19-41-30-16-34(32(48-2)14-28(30)36(45)43(25)21-24)50-11-5-4-6-12-51-35-17-31-29(15-33(35)49-3)37(46)44-22-38(39,40)18-26(44)20-42-31/h7-10,14-17,21,25-26,41-42H,4-6,11-13,18-20,22H2,1-3H3/t25-,26-/m0/s1. The number of hydrogen-bond donors (Lipinski definition) is 2. The van der Waals surface area contributed by atoms with Crippen molar-refractivity contribution < 1.29 is 42.1 Å². The van der Waals surface area contributed by atoms with Gasteiger partial charge in [-0.1, -0.05) is 12.1 Å². The number of halogens is 2.